The van der Waals surface area contributed by atoms with Crippen molar-refractivity contribution in [1.82, 2.24) is 10.1 Å². The van der Waals surface area contributed by atoms with Crippen molar-refractivity contribution in [2.45, 2.75) is 0 Å². The van der Waals surface area contributed by atoms with E-state index in [1.807, 2.05) is 6.07 Å². The van der Waals surface area contributed by atoms with E-state index in [2.05, 4.69) is 15.5 Å². The molecule has 0 fully saturated rings. The van der Waals surface area contributed by atoms with Crippen molar-refractivity contribution >= 4 is 11.8 Å². The summed E-state index contributed by atoms with van der Waals surface area (Å²) in [7, 11) is 1.57. The van der Waals surface area contributed by atoms with Crippen molar-refractivity contribution < 1.29 is 14.1 Å². The van der Waals surface area contributed by atoms with Crippen LogP contribution < -0.4 is 10.1 Å². The normalized spacial score (nSPS) is 10.2. The molecule has 0 aliphatic carbocycles. The van der Waals surface area contributed by atoms with Gasteiger partial charge < -0.3 is 9.26 Å². The number of anilines is 1. The lowest BCUT2D eigenvalue weighted by Crippen LogP contribution is -2.11. The molecular weight excluding hydrogens is 282 g/mol. The highest BCUT2D eigenvalue weighted by Crippen LogP contribution is 2.21. The van der Waals surface area contributed by atoms with Gasteiger partial charge in [-0.1, -0.05) is 5.16 Å². The molecular formula is C16H13N3O3. The number of methoxy groups -OCH3 is 1. The lowest BCUT2D eigenvalue weighted by Gasteiger charge is -2.02. The van der Waals surface area contributed by atoms with Crippen LogP contribution in [0.4, 0.5) is 5.88 Å². The number of pyridine rings is 1. The lowest BCUT2D eigenvalue weighted by molar-refractivity contribution is 0.102. The van der Waals surface area contributed by atoms with E-state index >= 15 is 0 Å². The van der Waals surface area contributed by atoms with Crippen molar-refractivity contribution in [3.63, 3.8) is 0 Å². The molecule has 3 aromatic rings. The highest BCUT2D eigenvalue weighted by molar-refractivity contribution is 6.03. The first kappa shape index (κ1) is 13.8. The first-order valence-electron chi connectivity index (χ1n) is 6.59. The van der Waals surface area contributed by atoms with Gasteiger partial charge in [0.15, 0.2) is 0 Å². The fourth-order valence-corrected chi connectivity index (χ4v) is 1.91. The van der Waals surface area contributed by atoms with Crippen molar-refractivity contribution in [1.29, 1.82) is 0 Å². The van der Waals surface area contributed by atoms with Gasteiger partial charge in [-0.3, -0.25) is 15.1 Å². The van der Waals surface area contributed by atoms with Gasteiger partial charge in [-0.15, -0.1) is 0 Å². The summed E-state index contributed by atoms with van der Waals surface area (Å²) in [5.41, 5.74) is 1.93. The molecule has 2 aromatic heterocycles. The molecule has 0 saturated heterocycles. The Bertz CT molecular complexity index is 767. The van der Waals surface area contributed by atoms with Crippen molar-refractivity contribution in [3.8, 4) is 17.0 Å². The average Bonchev–Trinajstić information content (AvgIpc) is 3.04. The quantitative estimate of drug-likeness (QED) is 0.800. The van der Waals surface area contributed by atoms with E-state index in [1.54, 1.807) is 55.9 Å². The molecule has 0 spiro atoms. The maximum absolute atomic E-state index is 12.1. The van der Waals surface area contributed by atoms with Crippen molar-refractivity contribution in [3.05, 3.63) is 60.4 Å². The number of hydrogen-bond acceptors (Lipinski definition) is 5. The molecule has 22 heavy (non-hydrogen) atoms. The van der Waals surface area contributed by atoms with Crippen molar-refractivity contribution in [2.75, 3.05) is 12.4 Å². The standard InChI is InChI=1S/C16H13N3O3/c1-21-13-6-4-11(5-7-13)16(20)18-15-9-14(19-22-15)12-3-2-8-17-10-12/h2-10H,1H3,(H,18,20). The molecule has 3 rings (SSSR count). The monoisotopic (exact) mass is 295 g/mol. The summed E-state index contributed by atoms with van der Waals surface area (Å²) in [4.78, 5) is 16.1. The van der Waals surface area contributed by atoms with E-state index in [0.717, 1.165) is 5.56 Å². The number of rotatable bonds is 4. The number of carbonyl (C=O) groups is 1. The topological polar surface area (TPSA) is 77.2 Å². The molecule has 0 bridgehead atoms. The van der Waals surface area contributed by atoms with Gasteiger partial charge in [0, 0.05) is 29.6 Å². The number of ether oxygens (including phenoxy) is 1. The molecule has 110 valence electrons. The third-order valence-electron chi connectivity index (χ3n) is 3.06. The van der Waals surface area contributed by atoms with Crippen molar-refractivity contribution in [2.24, 2.45) is 0 Å². The van der Waals surface area contributed by atoms with Crippen LogP contribution in [0.5, 0.6) is 5.75 Å². The van der Waals surface area contributed by atoms with Crippen LogP contribution in [0.2, 0.25) is 0 Å². The Morgan fingerprint density at radius 3 is 2.73 bits per heavy atom. The number of nitrogens with zero attached hydrogens (tertiary/aromatic N) is 2. The first-order chi connectivity index (χ1) is 10.8. The fourth-order valence-electron chi connectivity index (χ4n) is 1.91. The number of benzene rings is 1. The predicted molar refractivity (Wildman–Crippen MR) is 80.7 cm³/mol. The third-order valence-corrected chi connectivity index (χ3v) is 3.06. The third kappa shape index (κ3) is 2.95. The highest BCUT2D eigenvalue weighted by atomic mass is 16.5. The number of aromatic nitrogens is 2. The SMILES string of the molecule is COc1ccc(C(=O)Nc2cc(-c3cccnc3)no2)cc1. The van der Waals surface area contributed by atoms with E-state index < -0.39 is 0 Å². The summed E-state index contributed by atoms with van der Waals surface area (Å²) in [6.45, 7) is 0. The van der Waals surface area contributed by atoms with Crippen LogP contribution in [0.15, 0.2) is 59.4 Å². The van der Waals surface area contributed by atoms with Crippen LogP contribution in [0, 0.1) is 0 Å². The van der Waals surface area contributed by atoms with Crippen LogP contribution in [-0.4, -0.2) is 23.2 Å². The summed E-state index contributed by atoms with van der Waals surface area (Å²) in [5.74, 6) is 0.686. The Kier molecular flexibility index (Phi) is 3.82. The molecule has 0 saturated carbocycles. The zero-order chi connectivity index (χ0) is 15.4. The molecule has 0 radical (unpaired) electrons. The Balaban J connectivity index is 1.73. The number of hydrogen-bond donors (Lipinski definition) is 1. The predicted octanol–water partition coefficient (Wildman–Crippen LogP) is 3.00. The van der Waals surface area contributed by atoms with Gasteiger partial charge in [0.1, 0.15) is 11.4 Å². The lowest BCUT2D eigenvalue weighted by atomic mass is 10.2. The molecule has 0 aliphatic rings. The minimum Gasteiger partial charge on any atom is -0.497 e. The first-order valence-corrected chi connectivity index (χ1v) is 6.59. The minimum atomic E-state index is -0.281. The van der Waals surface area contributed by atoms with Crippen LogP contribution in [0.1, 0.15) is 10.4 Å². The number of nitrogens with one attached hydrogen (secondary N) is 1. The maximum atomic E-state index is 12.1. The molecule has 0 unspecified atom stereocenters. The van der Waals surface area contributed by atoms with Gasteiger partial charge in [0.25, 0.3) is 5.91 Å². The fraction of sp³-hybridized carbons (Fsp3) is 0.0625. The summed E-state index contributed by atoms with van der Waals surface area (Å²) in [6, 6.07) is 12.1. The second-order valence-electron chi connectivity index (χ2n) is 4.50. The Labute approximate surface area is 126 Å². The van der Waals surface area contributed by atoms with Crippen LogP contribution in [0.3, 0.4) is 0 Å². The molecule has 6 heteroatoms. The van der Waals surface area contributed by atoms with Gasteiger partial charge in [-0.05, 0) is 36.4 Å². The molecule has 0 aliphatic heterocycles. The number of amides is 1. The van der Waals surface area contributed by atoms with Crippen LogP contribution in [0.25, 0.3) is 11.3 Å². The molecule has 6 nitrogen and oxygen atoms in total. The summed E-state index contributed by atoms with van der Waals surface area (Å²) >= 11 is 0. The van der Waals surface area contributed by atoms with Gasteiger partial charge in [0.2, 0.25) is 5.88 Å². The molecule has 1 N–H and O–H groups in total. The Morgan fingerprint density at radius 2 is 2.05 bits per heavy atom. The van der Waals surface area contributed by atoms with Gasteiger partial charge in [0.05, 0.1) is 7.11 Å². The Morgan fingerprint density at radius 1 is 1.23 bits per heavy atom. The minimum absolute atomic E-state index is 0.277. The zero-order valence-electron chi connectivity index (χ0n) is 11.8. The van der Waals surface area contributed by atoms with Gasteiger partial charge in [-0.2, -0.15) is 0 Å². The molecule has 2 heterocycles. The average molecular weight is 295 g/mol. The summed E-state index contributed by atoms with van der Waals surface area (Å²) in [6.07, 6.45) is 3.35. The van der Waals surface area contributed by atoms with E-state index in [1.165, 1.54) is 0 Å². The zero-order valence-corrected chi connectivity index (χ0v) is 11.8. The van der Waals surface area contributed by atoms with Gasteiger partial charge >= 0.3 is 0 Å². The second kappa shape index (κ2) is 6.09. The highest BCUT2D eigenvalue weighted by Gasteiger charge is 2.11. The second-order valence-corrected chi connectivity index (χ2v) is 4.50. The summed E-state index contributed by atoms with van der Waals surface area (Å²) < 4.78 is 10.2. The number of carbonyl (C=O) groups excluding carboxylic acids is 1. The van der Waals surface area contributed by atoms with Crippen LogP contribution >= 0.6 is 0 Å². The largest absolute Gasteiger partial charge is 0.497 e. The van der Waals surface area contributed by atoms with E-state index in [4.69, 9.17) is 9.26 Å². The maximum Gasteiger partial charge on any atom is 0.258 e. The summed E-state index contributed by atoms with van der Waals surface area (Å²) in [5, 5.41) is 6.57. The van der Waals surface area contributed by atoms with Crippen LogP contribution in [-0.2, 0) is 0 Å². The smallest absolute Gasteiger partial charge is 0.258 e. The molecule has 1 aromatic carbocycles. The molecule has 1 amide bonds. The molecule has 0 atom stereocenters. The van der Waals surface area contributed by atoms with E-state index in [-0.39, 0.29) is 11.8 Å². The van der Waals surface area contributed by atoms with E-state index in [0.29, 0.717) is 17.0 Å². The van der Waals surface area contributed by atoms with Gasteiger partial charge in [-0.25, -0.2) is 0 Å². The van der Waals surface area contributed by atoms with E-state index in [9.17, 15) is 4.79 Å². The Hall–Kier alpha value is -3.15.